The molecular weight excluding hydrogens is 290 g/mol. The maximum Gasteiger partial charge on any atom is 0.230 e. The number of amides is 1. The number of hydrogen-bond acceptors (Lipinski definition) is 6. The molecule has 0 saturated carbocycles. The second-order valence-electron chi connectivity index (χ2n) is 4.79. The third kappa shape index (κ3) is 4.85. The fourth-order valence-corrected chi connectivity index (χ4v) is 2.58. The van der Waals surface area contributed by atoms with Crippen molar-refractivity contribution in [2.75, 3.05) is 12.3 Å². The largest absolute Gasteiger partial charge is 0.355 e. The SMILES string of the molecule is CC(C)n1cnnc1SCC(=O)NCCCc1ncn[nH]1. The van der Waals surface area contributed by atoms with Gasteiger partial charge in [-0.15, -0.1) is 10.2 Å². The quantitative estimate of drug-likeness (QED) is 0.553. The van der Waals surface area contributed by atoms with E-state index in [4.69, 9.17) is 0 Å². The molecule has 0 fully saturated rings. The fraction of sp³-hybridized carbons (Fsp3) is 0.583. The van der Waals surface area contributed by atoms with Crippen molar-refractivity contribution in [3.8, 4) is 0 Å². The minimum atomic E-state index is -0.00382. The number of thioether (sulfide) groups is 1. The summed E-state index contributed by atoms with van der Waals surface area (Å²) >= 11 is 1.39. The average molecular weight is 309 g/mol. The molecule has 0 unspecified atom stereocenters. The zero-order valence-corrected chi connectivity index (χ0v) is 12.9. The highest BCUT2D eigenvalue weighted by Gasteiger charge is 2.10. The van der Waals surface area contributed by atoms with Crippen LogP contribution in [-0.4, -0.2) is 48.2 Å². The van der Waals surface area contributed by atoms with Crippen LogP contribution in [0, 0.1) is 0 Å². The number of aromatic nitrogens is 6. The molecule has 8 nitrogen and oxygen atoms in total. The van der Waals surface area contributed by atoms with E-state index in [1.54, 1.807) is 6.33 Å². The summed E-state index contributed by atoms with van der Waals surface area (Å²) in [6, 6.07) is 0.285. The van der Waals surface area contributed by atoms with Crippen molar-refractivity contribution in [1.29, 1.82) is 0 Å². The molecule has 2 rings (SSSR count). The second kappa shape index (κ2) is 7.77. The number of aromatic amines is 1. The van der Waals surface area contributed by atoms with Crippen molar-refractivity contribution < 1.29 is 4.79 Å². The average Bonchev–Trinajstić information content (AvgIpc) is 3.12. The molecule has 2 aromatic heterocycles. The van der Waals surface area contributed by atoms with Gasteiger partial charge in [0.1, 0.15) is 18.5 Å². The number of nitrogens with one attached hydrogen (secondary N) is 2. The van der Waals surface area contributed by atoms with E-state index in [1.807, 2.05) is 4.57 Å². The first-order chi connectivity index (χ1) is 10.2. The van der Waals surface area contributed by atoms with E-state index in [0.717, 1.165) is 23.8 Å². The second-order valence-corrected chi connectivity index (χ2v) is 5.73. The number of nitrogens with zero attached hydrogens (tertiary/aromatic N) is 5. The Kier molecular flexibility index (Phi) is 5.73. The summed E-state index contributed by atoms with van der Waals surface area (Å²) in [5.41, 5.74) is 0. The maximum absolute atomic E-state index is 11.8. The normalized spacial score (nSPS) is 11.0. The molecule has 0 aliphatic rings. The third-order valence-corrected chi connectivity index (χ3v) is 3.76. The van der Waals surface area contributed by atoms with Gasteiger partial charge in [-0.2, -0.15) is 5.10 Å². The van der Waals surface area contributed by atoms with Crippen LogP contribution in [0.5, 0.6) is 0 Å². The Bertz CT molecular complexity index is 552. The molecule has 0 aliphatic carbocycles. The Balaban J connectivity index is 1.64. The highest BCUT2D eigenvalue weighted by molar-refractivity contribution is 7.99. The fourth-order valence-electron chi connectivity index (χ4n) is 1.71. The number of H-pyrrole nitrogens is 1. The number of carbonyl (C=O) groups is 1. The number of aryl methyl sites for hydroxylation is 1. The van der Waals surface area contributed by atoms with E-state index in [9.17, 15) is 4.79 Å². The van der Waals surface area contributed by atoms with E-state index < -0.39 is 0 Å². The minimum Gasteiger partial charge on any atom is -0.355 e. The Labute approximate surface area is 127 Å². The first kappa shape index (κ1) is 15.5. The molecule has 2 aromatic rings. The van der Waals surface area contributed by atoms with Crippen LogP contribution in [0.2, 0.25) is 0 Å². The highest BCUT2D eigenvalue weighted by Crippen LogP contribution is 2.18. The van der Waals surface area contributed by atoms with Gasteiger partial charge in [0, 0.05) is 19.0 Å². The molecule has 0 saturated heterocycles. The van der Waals surface area contributed by atoms with Crippen LogP contribution in [0.25, 0.3) is 0 Å². The Hall–Kier alpha value is -1.90. The van der Waals surface area contributed by atoms with Gasteiger partial charge in [0.15, 0.2) is 5.16 Å². The molecule has 2 N–H and O–H groups in total. The molecule has 2 heterocycles. The van der Waals surface area contributed by atoms with Gasteiger partial charge in [-0.1, -0.05) is 11.8 Å². The molecule has 114 valence electrons. The van der Waals surface area contributed by atoms with Crippen molar-refractivity contribution >= 4 is 17.7 Å². The van der Waals surface area contributed by atoms with E-state index in [1.165, 1.54) is 18.1 Å². The smallest absolute Gasteiger partial charge is 0.230 e. The number of hydrogen-bond donors (Lipinski definition) is 2. The van der Waals surface area contributed by atoms with Crippen LogP contribution in [0.3, 0.4) is 0 Å². The summed E-state index contributed by atoms with van der Waals surface area (Å²) in [4.78, 5) is 15.8. The van der Waals surface area contributed by atoms with Gasteiger partial charge in [-0.25, -0.2) is 4.98 Å². The van der Waals surface area contributed by atoms with Crippen LogP contribution in [0.1, 0.15) is 32.1 Å². The van der Waals surface area contributed by atoms with Crippen molar-refractivity contribution in [2.45, 2.75) is 37.9 Å². The lowest BCUT2D eigenvalue weighted by molar-refractivity contribution is -0.118. The maximum atomic E-state index is 11.8. The number of rotatable bonds is 8. The predicted octanol–water partition coefficient (Wildman–Crippen LogP) is 0.818. The molecule has 0 bridgehead atoms. The minimum absolute atomic E-state index is 0.00382. The molecule has 0 aliphatic heterocycles. The Morgan fingerprint density at radius 3 is 3.10 bits per heavy atom. The van der Waals surface area contributed by atoms with Gasteiger partial charge in [0.25, 0.3) is 0 Å². The van der Waals surface area contributed by atoms with E-state index in [-0.39, 0.29) is 11.9 Å². The van der Waals surface area contributed by atoms with Crippen molar-refractivity contribution in [2.24, 2.45) is 0 Å². The van der Waals surface area contributed by atoms with Gasteiger partial charge in [-0.3, -0.25) is 9.89 Å². The molecule has 1 amide bonds. The first-order valence-electron chi connectivity index (χ1n) is 6.80. The summed E-state index contributed by atoms with van der Waals surface area (Å²) in [6.07, 6.45) is 4.76. The Morgan fingerprint density at radius 1 is 1.52 bits per heavy atom. The van der Waals surface area contributed by atoms with Gasteiger partial charge in [-0.05, 0) is 20.3 Å². The standard InChI is InChI=1S/C12H19N7OS/c1-9(2)19-8-16-18-12(19)21-6-11(20)13-5-3-4-10-14-7-15-17-10/h7-9H,3-6H2,1-2H3,(H,13,20)(H,14,15,17). The van der Waals surface area contributed by atoms with Gasteiger partial charge < -0.3 is 9.88 Å². The zero-order valence-electron chi connectivity index (χ0n) is 12.1. The van der Waals surface area contributed by atoms with E-state index >= 15 is 0 Å². The van der Waals surface area contributed by atoms with Crippen LogP contribution in [-0.2, 0) is 11.2 Å². The van der Waals surface area contributed by atoms with Gasteiger partial charge in [0.2, 0.25) is 5.91 Å². The van der Waals surface area contributed by atoms with Crippen molar-refractivity contribution in [3.05, 3.63) is 18.5 Å². The van der Waals surface area contributed by atoms with Crippen LogP contribution >= 0.6 is 11.8 Å². The molecule has 0 atom stereocenters. The first-order valence-corrected chi connectivity index (χ1v) is 7.78. The Morgan fingerprint density at radius 2 is 2.38 bits per heavy atom. The van der Waals surface area contributed by atoms with Crippen molar-refractivity contribution in [1.82, 2.24) is 35.3 Å². The molecule has 9 heteroatoms. The molecule has 21 heavy (non-hydrogen) atoms. The summed E-state index contributed by atoms with van der Waals surface area (Å²) in [7, 11) is 0. The predicted molar refractivity (Wildman–Crippen MR) is 78.8 cm³/mol. The molecular formula is C12H19N7OS. The highest BCUT2D eigenvalue weighted by atomic mass is 32.2. The molecule has 0 radical (unpaired) electrons. The van der Waals surface area contributed by atoms with E-state index in [2.05, 4.69) is 44.5 Å². The summed E-state index contributed by atoms with van der Waals surface area (Å²) in [5.74, 6) is 1.17. The summed E-state index contributed by atoms with van der Waals surface area (Å²) < 4.78 is 1.95. The summed E-state index contributed by atoms with van der Waals surface area (Å²) in [6.45, 7) is 4.73. The lowest BCUT2D eigenvalue weighted by atomic mass is 10.3. The van der Waals surface area contributed by atoms with Gasteiger partial charge in [0.05, 0.1) is 5.75 Å². The van der Waals surface area contributed by atoms with Crippen molar-refractivity contribution in [3.63, 3.8) is 0 Å². The third-order valence-electron chi connectivity index (χ3n) is 2.81. The molecule has 0 aromatic carbocycles. The van der Waals surface area contributed by atoms with E-state index in [0.29, 0.717) is 12.3 Å². The lowest BCUT2D eigenvalue weighted by Gasteiger charge is -2.09. The van der Waals surface area contributed by atoms with Crippen LogP contribution in [0.4, 0.5) is 0 Å². The topological polar surface area (TPSA) is 101 Å². The lowest BCUT2D eigenvalue weighted by Crippen LogP contribution is -2.26. The van der Waals surface area contributed by atoms with Crippen LogP contribution < -0.4 is 5.32 Å². The van der Waals surface area contributed by atoms with Gasteiger partial charge >= 0.3 is 0 Å². The summed E-state index contributed by atoms with van der Waals surface area (Å²) in [5, 5.41) is 18.1. The molecule has 0 spiro atoms. The van der Waals surface area contributed by atoms with Crippen LogP contribution in [0.15, 0.2) is 17.8 Å². The monoisotopic (exact) mass is 309 g/mol. The number of carbonyl (C=O) groups excluding carboxylic acids is 1. The zero-order chi connectivity index (χ0) is 15.1.